The molecule has 2 amide bonds. The van der Waals surface area contributed by atoms with Crippen molar-refractivity contribution in [3.8, 4) is 0 Å². The lowest BCUT2D eigenvalue weighted by Crippen LogP contribution is -2.54. The summed E-state index contributed by atoms with van der Waals surface area (Å²) in [5.41, 5.74) is 0. The summed E-state index contributed by atoms with van der Waals surface area (Å²) in [5.74, 6) is 0.0545. The number of ether oxygens (including phenoxy) is 1. The van der Waals surface area contributed by atoms with Crippen LogP contribution in [0.5, 0.6) is 0 Å². The summed E-state index contributed by atoms with van der Waals surface area (Å²) in [4.78, 5) is 25.3. The second-order valence-electron chi connectivity index (χ2n) is 5.69. The molecule has 112 valence electrons. The molecule has 2 saturated heterocycles. The Bertz CT molecular complexity index is 396. The lowest BCUT2D eigenvalue weighted by Gasteiger charge is -2.31. The second kappa shape index (κ2) is 5.81. The summed E-state index contributed by atoms with van der Waals surface area (Å²) < 4.78 is 5.35. The normalized spacial score (nSPS) is 34.0. The molecule has 2 heterocycles. The van der Waals surface area contributed by atoms with E-state index >= 15 is 0 Å². The molecule has 3 aliphatic rings. The van der Waals surface area contributed by atoms with Crippen molar-refractivity contribution in [3.63, 3.8) is 0 Å². The molecule has 0 aromatic carbocycles. The van der Waals surface area contributed by atoms with Crippen LogP contribution in [0.1, 0.15) is 25.7 Å². The van der Waals surface area contributed by atoms with Gasteiger partial charge in [-0.25, -0.2) is 9.59 Å². The number of nitrogens with one attached hydrogen (secondary N) is 1. The predicted molar refractivity (Wildman–Crippen MR) is 74.6 cm³/mol. The van der Waals surface area contributed by atoms with Gasteiger partial charge in [-0.2, -0.15) is 0 Å². The van der Waals surface area contributed by atoms with Gasteiger partial charge in [0, 0.05) is 12.4 Å². The van der Waals surface area contributed by atoms with Crippen molar-refractivity contribution in [1.29, 1.82) is 0 Å². The maximum Gasteiger partial charge on any atom is 0.327 e. The molecular weight excluding hydrogens is 280 g/mol. The van der Waals surface area contributed by atoms with E-state index in [-0.39, 0.29) is 17.4 Å². The van der Waals surface area contributed by atoms with Crippen molar-refractivity contribution >= 4 is 23.8 Å². The number of carbonyl (C=O) groups is 2. The van der Waals surface area contributed by atoms with Crippen LogP contribution in [0.2, 0.25) is 0 Å². The lowest BCUT2D eigenvalue weighted by atomic mass is 10.1. The fourth-order valence-corrected chi connectivity index (χ4v) is 4.45. The van der Waals surface area contributed by atoms with Gasteiger partial charge in [-0.15, -0.1) is 11.8 Å². The van der Waals surface area contributed by atoms with Crippen LogP contribution in [0.4, 0.5) is 4.79 Å². The van der Waals surface area contributed by atoms with Gasteiger partial charge in [0.1, 0.15) is 6.04 Å². The molecule has 0 radical (unpaired) electrons. The van der Waals surface area contributed by atoms with Gasteiger partial charge >= 0.3 is 12.0 Å². The highest BCUT2D eigenvalue weighted by Crippen LogP contribution is 2.45. The predicted octanol–water partition coefficient (Wildman–Crippen LogP) is 1.11. The fraction of sp³-hybridized carbons (Fsp3) is 0.846. The molecule has 0 spiro atoms. The average Bonchev–Trinajstić information content (AvgIpc) is 3.17. The third-order valence-corrected chi connectivity index (χ3v) is 5.53. The molecule has 2 N–H and O–H groups in total. The summed E-state index contributed by atoms with van der Waals surface area (Å²) >= 11 is 1.60. The molecule has 1 saturated carbocycles. The van der Waals surface area contributed by atoms with Crippen molar-refractivity contribution in [2.75, 3.05) is 19.0 Å². The van der Waals surface area contributed by atoms with Gasteiger partial charge < -0.3 is 15.2 Å². The number of hydrogen-bond acceptors (Lipinski definition) is 4. The first-order valence-corrected chi connectivity index (χ1v) is 8.22. The van der Waals surface area contributed by atoms with Gasteiger partial charge in [-0.3, -0.25) is 4.90 Å². The molecule has 0 bridgehead atoms. The van der Waals surface area contributed by atoms with Crippen LogP contribution in [-0.2, 0) is 9.53 Å². The molecule has 0 aromatic rings. The third kappa shape index (κ3) is 2.88. The van der Waals surface area contributed by atoms with E-state index in [1.807, 2.05) is 0 Å². The zero-order valence-electron chi connectivity index (χ0n) is 11.3. The van der Waals surface area contributed by atoms with Gasteiger partial charge in [0.2, 0.25) is 0 Å². The Labute approximate surface area is 122 Å². The van der Waals surface area contributed by atoms with Gasteiger partial charge in [0.05, 0.1) is 18.0 Å². The maximum absolute atomic E-state index is 12.5. The smallest absolute Gasteiger partial charge is 0.327 e. The van der Waals surface area contributed by atoms with Crippen LogP contribution >= 0.6 is 11.8 Å². The zero-order chi connectivity index (χ0) is 14.1. The van der Waals surface area contributed by atoms with E-state index in [0.29, 0.717) is 18.3 Å². The second-order valence-corrected chi connectivity index (χ2v) is 6.84. The van der Waals surface area contributed by atoms with Crippen molar-refractivity contribution in [2.24, 2.45) is 5.92 Å². The average molecular weight is 300 g/mol. The highest BCUT2D eigenvalue weighted by molar-refractivity contribution is 8.00. The van der Waals surface area contributed by atoms with Crippen molar-refractivity contribution in [1.82, 2.24) is 10.2 Å². The van der Waals surface area contributed by atoms with E-state index in [4.69, 9.17) is 4.74 Å². The van der Waals surface area contributed by atoms with Gasteiger partial charge in [-0.05, 0) is 31.6 Å². The Balaban J connectivity index is 1.66. The first-order valence-electron chi connectivity index (χ1n) is 7.18. The number of amides is 2. The first-order chi connectivity index (χ1) is 9.66. The van der Waals surface area contributed by atoms with Gasteiger partial charge in [-0.1, -0.05) is 0 Å². The molecule has 3 fully saturated rings. The van der Waals surface area contributed by atoms with Gasteiger partial charge in [0.25, 0.3) is 0 Å². The van der Waals surface area contributed by atoms with Crippen LogP contribution in [0.25, 0.3) is 0 Å². The minimum atomic E-state index is -0.907. The summed E-state index contributed by atoms with van der Waals surface area (Å²) in [6.07, 6.45) is 4.04. The van der Waals surface area contributed by atoms with E-state index in [1.165, 1.54) is 0 Å². The molecular formula is C13H20N2O4S. The third-order valence-electron chi connectivity index (χ3n) is 4.07. The maximum atomic E-state index is 12.5. The summed E-state index contributed by atoms with van der Waals surface area (Å²) in [6, 6.07) is -0.930. The largest absolute Gasteiger partial charge is 0.480 e. The standard InChI is InChI=1S/C13H20N2O4S/c16-12(17)10-7-20-11(8-3-4-8)15(10)13(18)14-9-2-1-5-19-6-9/h8-11H,1-7H2,(H,14,18)(H,16,17). The lowest BCUT2D eigenvalue weighted by molar-refractivity contribution is -0.141. The monoisotopic (exact) mass is 300 g/mol. The number of rotatable bonds is 3. The van der Waals surface area contributed by atoms with E-state index < -0.39 is 12.0 Å². The van der Waals surface area contributed by atoms with Crippen molar-refractivity contribution in [2.45, 2.75) is 43.1 Å². The summed E-state index contributed by atoms with van der Waals surface area (Å²) in [7, 11) is 0. The topological polar surface area (TPSA) is 78.9 Å². The number of hydrogen-bond donors (Lipinski definition) is 2. The van der Waals surface area contributed by atoms with Gasteiger partial charge in [0.15, 0.2) is 0 Å². The Morgan fingerprint density at radius 3 is 2.70 bits per heavy atom. The minimum absolute atomic E-state index is 0.0103. The van der Waals surface area contributed by atoms with E-state index in [2.05, 4.69) is 5.32 Å². The Morgan fingerprint density at radius 2 is 2.10 bits per heavy atom. The fourth-order valence-electron chi connectivity index (χ4n) is 2.82. The Kier molecular flexibility index (Phi) is 4.07. The number of urea groups is 1. The number of carbonyl (C=O) groups excluding carboxylic acids is 1. The number of aliphatic carboxylic acids is 1. The highest BCUT2D eigenvalue weighted by Gasteiger charge is 2.48. The summed E-state index contributed by atoms with van der Waals surface area (Å²) in [6.45, 7) is 1.27. The molecule has 3 unspecified atom stereocenters. The molecule has 7 heteroatoms. The quantitative estimate of drug-likeness (QED) is 0.816. The number of thioether (sulfide) groups is 1. The zero-order valence-corrected chi connectivity index (χ0v) is 12.1. The Hall–Kier alpha value is -0.950. The van der Waals surface area contributed by atoms with E-state index in [9.17, 15) is 14.7 Å². The van der Waals surface area contributed by atoms with Crippen LogP contribution in [0, 0.1) is 5.92 Å². The highest BCUT2D eigenvalue weighted by atomic mass is 32.2. The molecule has 6 nitrogen and oxygen atoms in total. The van der Waals surface area contributed by atoms with Crippen LogP contribution in [0.3, 0.4) is 0 Å². The molecule has 2 aliphatic heterocycles. The molecule has 1 aliphatic carbocycles. The van der Waals surface area contributed by atoms with Crippen LogP contribution < -0.4 is 5.32 Å². The Morgan fingerprint density at radius 1 is 1.30 bits per heavy atom. The molecule has 3 atom stereocenters. The van der Waals surface area contributed by atoms with Crippen molar-refractivity contribution < 1.29 is 19.4 Å². The summed E-state index contributed by atoms with van der Waals surface area (Å²) in [5, 5.41) is 12.3. The number of nitrogens with zero attached hydrogens (tertiary/aromatic N) is 1. The molecule has 0 aromatic heterocycles. The van der Waals surface area contributed by atoms with E-state index in [1.54, 1.807) is 16.7 Å². The SMILES string of the molecule is O=C(O)C1CSC(C2CC2)N1C(=O)NC1CCCOC1. The van der Waals surface area contributed by atoms with E-state index in [0.717, 1.165) is 32.3 Å². The van der Waals surface area contributed by atoms with Crippen LogP contribution in [-0.4, -0.2) is 58.4 Å². The number of carboxylic acid groups (broad SMARTS) is 1. The minimum Gasteiger partial charge on any atom is -0.480 e. The van der Waals surface area contributed by atoms with Crippen LogP contribution in [0.15, 0.2) is 0 Å². The molecule has 20 heavy (non-hydrogen) atoms. The first kappa shape index (κ1) is 14.0. The molecule has 3 rings (SSSR count). The van der Waals surface area contributed by atoms with Crippen molar-refractivity contribution in [3.05, 3.63) is 0 Å². The number of carboxylic acids is 1.